The third-order valence-electron chi connectivity index (χ3n) is 6.17. The molecular formula is C23H29N5O2. The summed E-state index contributed by atoms with van der Waals surface area (Å²) in [4.78, 5) is 38.0. The van der Waals surface area contributed by atoms with E-state index in [1.165, 1.54) is 0 Å². The van der Waals surface area contributed by atoms with Crippen LogP contribution in [0.5, 0.6) is 0 Å². The molecular weight excluding hydrogens is 378 g/mol. The van der Waals surface area contributed by atoms with Crippen molar-refractivity contribution >= 4 is 11.8 Å². The Morgan fingerprint density at radius 2 is 1.90 bits per heavy atom. The molecule has 0 aliphatic carbocycles. The van der Waals surface area contributed by atoms with Crippen LogP contribution in [0.2, 0.25) is 0 Å². The Bertz CT molecular complexity index is 837. The molecule has 0 aromatic carbocycles. The minimum absolute atomic E-state index is 0.0255. The summed E-state index contributed by atoms with van der Waals surface area (Å²) in [5, 5.41) is 3.05. The summed E-state index contributed by atoms with van der Waals surface area (Å²) in [6.45, 7) is 3.82. The topological polar surface area (TPSA) is 78.4 Å². The first kappa shape index (κ1) is 20.5. The van der Waals surface area contributed by atoms with Crippen LogP contribution in [0.25, 0.3) is 0 Å². The van der Waals surface area contributed by atoms with E-state index in [-0.39, 0.29) is 17.7 Å². The molecule has 2 aliphatic rings. The predicted molar refractivity (Wildman–Crippen MR) is 114 cm³/mol. The van der Waals surface area contributed by atoms with Crippen LogP contribution in [0, 0.1) is 5.92 Å². The number of aromatic nitrogens is 2. The quantitative estimate of drug-likeness (QED) is 0.821. The second-order valence-corrected chi connectivity index (χ2v) is 8.14. The van der Waals surface area contributed by atoms with Crippen molar-refractivity contribution in [3.63, 3.8) is 0 Å². The lowest BCUT2D eigenvalue weighted by atomic mass is 9.93. The summed E-state index contributed by atoms with van der Waals surface area (Å²) in [6, 6.07) is 9.79. The molecule has 0 radical (unpaired) electrons. The monoisotopic (exact) mass is 407 g/mol. The molecule has 1 N–H and O–H groups in total. The molecule has 2 saturated heterocycles. The van der Waals surface area contributed by atoms with Crippen LogP contribution < -0.4 is 5.32 Å². The van der Waals surface area contributed by atoms with Crippen molar-refractivity contribution < 1.29 is 9.59 Å². The molecule has 0 bridgehead atoms. The van der Waals surface area contributed by atoms with Gasteiger partial charge in [0, 0.05) is 44.3 Å². The fourth-order valence-corrected chi connectivity index (χ4v) is 4.48. The molecule has 0 spiro atoms. The Labute approximate surface area is 177 Å². The van der Waals surface area contributed by atoms with Crippen molar-refractivity contribution in [2.24, 2.45) is 5.92 Å². The highest BCUT2D eigenvalue weighted by molar-refractivity contribution is 5.93. The van der Waals surface area contributed by atoms with Gasteiger partial charge in [-0.2, -0.15) is 0 Å². The average Bonchev–Trinajstić information content (AvgIpc) is 2.83. The van der Waals surface area contributed by atoms with E-state index in [2.05, 4.69) is 20.2 Å². The number of carbonyl (C=O) groups excluding carboxylic acids is 2. The van der Waals surface area contributed by atoms with Crippen LogP contribution in [0.1, 0.15) is 41.7 Å². The second-order valence-electron chi connectivity index (χ2n) is 8.14. The van der Waals surface area contributed by atoms with Crippen LogP contribution in [-0.4, -0.2) is 63.8 Å². The molecule has 2 aliphatic heterocycles. The lowest BCUT2D eigenvalue weighted by Gasteiger charge is -2.42. The summed E-state index contributed by atoms with van der Waals surface area (Å²) in [5.41, 5.74) is 1.53. The molecule has 2 fully saturated rings. The summed E-state index contributed by atoms with van der Waals surface area (Å²) < 4.78 is 0. The van der Waals surface area contributed by atoms with Gasteiger partial charge < -0.3 is 10.2 Å². The average molecular weight is 408 g/mol. The zero-order chi connectivity index (χ0) is 20.8. The highest BCUT2D eigenvalue weighted by atomic mass is 16.2. The Balaban J connectivity index is 1.26. The second kappa shape index (κ2) is 9.80. The number of piperidine rings is 2. The number of amides is 2. The molecule has 4 rings (SSSR count). The molecule has 4 heterocycles. The van der Waals surface area contributed by atoms with Gasteiger partial charge in [-0.05, 0) is 56.5 Å². The van der Waals surface area contributed by atoms with E-state index in [1.54, 1.807) is 24.7 Å². The Kier molecular flexibility index (Phi) is 6.69. The minimum Gasteiger partial charge on any atom is -0.350 e. The van der Waals surface area contributed by atoms with E-state index in [0.29, 0.717) is 18.2 Å². The number of likely N-dealkylation sites (tertiary alicyclic amines) is 2. The molecule has 1 atom stereocenters. The van der Waals surface area contributed by atoms with Gasteiger partial charge in [0.1, 0.15) is 0 Å². The third-order valence-corrected chi connectivity index (χ3v) is 6.17. The van der Waals surface area contributed by atoms with Gasteiger partial charge in [0.25, 0.3) is 5.91 Å². The fourth-order valence-electron chi connectivity index (χ4n) is 4.48. The van der Waals surface area contributed by atoms with Gasteiger partial charge in [-0.15, -0.1) is 0 Å². The smallest absolute Gasteiger partial charge is 0.255 e. The van der Waals surface area contributed by atoms with Gasteiger partial charge in [-0.1, -0.05) is 6.07 Å². The number of rotatable bonds is 5. The number of pyridine rings is 2. The summed E-state index contributed by atoms with van der Waals surface area (Å²) in [6.07, 6.45) is 8.94. The molecule has 158 valence electrons. The van der Waals surface area contributed by atoms with Gasteiger partial charge in [0.2, 0.25) is 5.91 Å². The van der Waals surface area contributed by atoms with Crippen LogP contribution in [-0.2, 0) is 11.3 Å². The zero-order valence-electron chi connectivity index (χ0n) is 17.2. The van der Waals surface area contributed by atoms with Gasteiger partial charge in [-0.3, -0.25) is 24.5 Å². The van der Waals surface area contributed by atoms with Crippen LogP contribution in [0.4, 0.5) is 0 Å². The van der Waals surface area contributed by atoms with Crippen LogP contribution >= 0.6 is 0 Å². The largest absolute Gasteiger partial charge is 0.350 e. The van der Waals surface area contributed by atoms with Crippen molar-refractivity contribution in [2.75, 3.05) is 26.2 Å². The van der Waals surface area contributed by atoms with E-state index >= 15 is 0 Å². The molecule has 2 amide bonds. The highest BCUT2D eigenvalue weighted by Gasteiger charge is 2.32. The predicted octanol–water partition coefficient (Wildman–Crippen LogP) is 2.11. The van der Waals surface area contributed by atoms with Gasteiger partial charge >= 0.3 is 0 Å². The van der Waals surface area contributed by atoms with Crippen molar-refractivity contribution in [3.05, 3.63) is 60.2 Å². The Morgan fingerprint density at radius 1 is 1.03 bits per heavy atom. The maximum absolute atomic E-state index is 12.7. The van der Waals surface area contributed by atoms with Crippen molar-refractivity contribution in [1.29, 1.82) is 0 Å². The SMILES string of the molecule is O=C(NCc1ccccn1)[C@@H]1CCCN(C2CCN(C(=O)c3cccnc3)CC2)C1. The zero-order valence-corrected chi connectivity index (χ0v) is 17.2. The van der Waals surface area contributed by atoms with Crippen molar-refractivity contribution in [1.82, 2.24) is 25.1 Å². The number of carbonyl (C=O) groups is 2. The summed E-state index contributed by atoms with van der Waals surface area (Å²) in [5.74, 6) is 0.207. The van der Waals surface area contributed by atoms with E-state index < -0.39 is 0 Å². The molecule has 7 nitrogen and oxygen atoms in total. The lowest BCUT2D eigenvalue weighted by Crippen LogP contribution is -2.51. The van der Waals surface area contributed by atoms with Crippen LogP contribution in [0.15, 0.2) is 48.9 Å². The lowest BCUT2D eigenvalue weighted by molar-refractivity contribution is -0.127. The van der Waals surface area contributed by atoms with Crippen LogP contribution in [0.3, 0.4) is 0 Å². The van der Waals surface area contributed by atoms with Gasteiger partial charge in [-0.25, -0.2) is 0 Å². The standard InChI is InChI=1S/C23H29N5O2/c29-22(26-16-20-7-1-2-11-25-20)19-6-4-12-28(17-19)21-8-13-27(14-9-21)23(30)18-5-3-10-24-15-18/h1-3,5,7,10-11,15,19,21H,4,6,8-9,12-14,16-17H2,(H,26,29)/t19-/m1/s1. The number of hydrogen-bond acceptors (Lipinski definition) is 5. The number of nitrogens with zero attached hydrogens (tertiary/aromatic N) is 4. The molecule has 2 aromatic heterocycles. The molecule has 2 aromatic rings. The molecule has 7 heteroatoms. The van der Waals surface area contributed by atoms with E-state index in [9.17, 15) is 9.59 Å². The Morgan fingerprint density at radius 3 is 2.63 bits per heavy atom. The highest BCUT2D eigenvalue weighted by Crippen LogP contribution is 2.24. The maximum Gasteiger partial charge on any atom is 0.255 e. The van der Waals surface area contributed by atoms with Crippen molar-refractivity contribution in [3.8, 4) is 0 Å². The first-order chi connectivity index (χ1) is 14.7. The Hall–Kier alpha value is -2.80. The summed E-state index contributed by atoms with van der Waals surface area (Å²) >= 11 is 0. The number of hydrogen-bond donors (Lipinski definition) is 1. The first-order valence-corrected chi connectivity index (χ1v) is 10.8. The maximum atomic E-state index is 12.7. The normalized spacial score (nSPS) is 20.7. The van der Waals surface area contributed by atoms with E-state index in [1.807, 2.05) is 29.2 Å². The van der Waals surface area contributed by atoms with Gasteiger partial charge in [0.05, 0.1) is 23.7 Å². The summed E-state index contributed by atoms with van der Waals surface area (Å²) in [7, 11) is 0. The first-order valence-electron chi connectivity index (χ1n) is 10.8. The van der Waals surface area contributed by atoms with Gasteiger partial charge in [0.15, 0.2) is 0 Å². The minimum atomic E-state index is 0.0255. The number of nitrogens with one attached hydrogen (secondary N) is 1. The molecule has 0 saturated carbocycles. The third kappa shape index (κ3) is 5.02. The molecule has 30 heavy (non-hydrogen) atoms. The van der Waals surface area contributed by atoms with E-state index in [4.69, 9.17) is 0 Å². The van der Waals surface area contributed by atoms with E-state index in [0.717, 1.165) is 57.6 Å². The fraction of sp³-hybridized carbons (Fsp3) is 0.478. The molecule has 0 unspecified atom stereocenters. The van der Waals surface area contributed by atoms with Crippen molar-refractivity contribution in [2.45, 2.75) is 38.3 Å².